The maximum absolute atomic E-state index is 13.0. The van der Waals surface area contributed by atoms with E-state index >= 15 is 0 Å². The summed E-state index contributed by atoms with van der Waals surface area (Å²) in [4.78, 5) is 50.7. The van der Waals surface area contributed by atoms with Gasteiger partial charge in [-0.15, -0.1) is 0 Å². The molecule has 0 radical (unpaired) electrons. The number of hydrogen-bond donors (Lipinski definition) is 1. The molecule has 7 heteroatoms. The number of ketones is 2. The van der Waals surface area contributed by atoms with Gasteiger partial charge in [0.1, 0.15) is 0 Å². The number of esters is 1. The summed E-state index contributed by atoms with van der Waals surface area (Å²) < 4.78 is 5.14. The summed E-state index contributed by atoms with van der Waals surface area (Å²) in [7, 11) is 0. The number of nitrogens with one attached hydrogen (secondary N) is 1. The van der Waals surface area contributed by atoms with Crippen LogP contribution < -0.4 is 5.32 Å². The fraction of sp³-hybridized carbons (Fsp3) is 0.185. The Morgan fingerprint density at radius 2 is 1.59 bits per heavy atom. The summed E-state index contributed by atoms with van der Waals surface area (Å²) in [5.74, 6) is -2.12. The topological polar surface area (TPSA) is 89.5 Å². The molecule has 6 nitrogen and oxygen atoms in total. The SMILES string of the molecule is Cc1ccc([C@H](C)NC(=O)COC(=O)c2ccc3c(c2Cl)C(=O)c2ccccc2C3=O)cc1C. The fourth-order valence-corrected chi connectivity index (χ4v) is 4.24. The maximum Gasteiger partial charge on any atom is 0.340 e. The first kappa shape index (κ1) is 23.4. The van der Waals surface area contributed by atoms with Crippen molar-refractivity contribution in [2.24, 2.45) is 0 Å². The summed E-state index contributed by atoms with van der Waals surface area (Å²) in [6, 6.07) is 14.8. The standard InChI is InChI=1S/C27H22ClNO5/c1-14-8-9-17(12-15(14)2)16(3)29-22(30)13-34-27(33)21-11-10-20-23(24(21)28)26(32)19-7-5-4-6-18(19)25(20)31/h4-12,16H,13H2,1-3H3,(H,29,30)/t16-/m0/s1. The zero-order valence-corrected chi connectivity index (χ0v) is 19.7. The van der Waals surface area contributed by atoms with Crippen molar-refractivity contribution < 1.29 is 23.9 Å². The van der Waals surface area contributed by atoms with Crippen LogP contribution in [-0.4, -0.2) is 30.0 Å². The van der Waals surface area contributed by atoms with Gasteiger partial charge in [0, 0.05) is 16.7 Å². The summed E-state index contributed by atoms with van der Waals surface area (Å²) in [5, 5.41) is 2.62. The molecule has 3 aromatic carbocycles. The molecule has 3 aromatic rings. The van der Waals surface area contributed by atoms with Crippen molar-refractivity contribution in [1.29, 1.82) is 0 Å². The van der Waals surface area contributed by atoms with Crippen molar-refractivity contribution in [2.75, 3.05) is 6.61 Å². The van der Waals surface area contributed by atoms with Gasteiger partial charge in [0.05, 0.1) is 22.2 Å². The lowest BCUT2D eigenvalue weighted by Gasteiger charge is -2.19. The van der Waals surface area contributed by atoms with Gasteiger partial charge < -0.3 is 10.1 Å². The number of aryl methyl sites for hydroxylation is 2. The van der Waals surface area contributed by atoms with Crippen LogP contribution >= 0.6 is 11.6 Å². The molecule has 0 heterocycles. The molecule has 34 heavy (non-hydrogen) atoms. The van der Waals surface area contributed by atoms with E-state index in [1.54, 1.807) is 24.3 Å². The highest BCUT2D eigenvalue weighted by molar-refractivity contribution is 6.41. The number of ether oxygens (including phenoxy) is 1. The Morgan fingerprint density at radius 1 is 0.912 bits per heavy atom. The van der Waals surface area contributed by atoms with Crippen LogP contribution in [0.2, 0.25) is 5.02 Å². The van der Waals surface area contributed by atoms with Gasteiger partial charge >= 0.3 is 5.97 Å². The predicted octanol–water partition coefficient (Wildman–Crippen LogP) is 4.77. The van der Waals surface area contributed by atoms with Gasteiger partial charge in [-0.1, -0.05) is 54.1 Å². The molecule has 1 atom stereocenters. The first-order valence-corrected chi connectivity index (χ1v) is 11.1. The maximum atomic E-state index is 13.0. The molecular weight excluding hydrogens is 454 g/mol. The van der Waals surface area contributed by atoms with E-state index in [4.69, 9.17) is 16.3 Å². The Bertz CT molecular complexity index is 1360. The normalized spacial score (nSPS) is 13.1. The van der Waals surface area contributed by atoms with Crippen LogP contribution in [0.15, 0.2) is 54.6 Å². The smallest absolute Gasteiger partial charge is 0.340 e. The van der Waals surface area contributed by atoms with Crippen molar-refractivity contribution in [1.82, 2.24) is 5.32 Å². The zero-order chi connectivity index (χ0) is 24.6. The molecule has 0 bridgehead atoms. The number of rotatable bonds is 5. The molecule has 172 valence electrons. The van der Waals surface area contributed by atoms with Crippen molar-refractivity contribution in [3.63, 3.8) is 0 Å². The molecule has 0 saturated carbocycles. The van der Waals surface area contributed by atoms with E-state index in [2.05, 4.69) is 5.32 Å². The number of carbonyl (C=O) groups excluding carboxylic acids is 4. The zero-order valence-electron chi connectivity index (χ0n) is 18.9. The summed E-state index contributed by atoms with van der Waals surface area (Å²) in [5.41, 5.74) is 3.73. The van der Waals surface area contributed by atoms with Crippen LogP contribution in [0.25, 0.3) is 0 Å². The van der Waals surface area contributed by atoms with Gasteiger partial charge in [0.25, 0.3) is 5.91 Å². The van der Waals surface area contributed by atoms with Crippen molar-refractivity contribution in [3.05, 3.63) is 104 Å². The van der Waals surface area contributed by atoms with E-state index in [1.807, 2.05) is 39.0 Å². The van der Waals surface area contributed by atoms with E-state index in [9.17, 15) is 19.2 Å². The number of hydrogen-bond acceptors (Lipinski definition) is 5. The fourth-order valence-electron chi connectivity index (χ4n) is 3.91. The van der Waals surface area contributed by atoms with Crippen LogP contribution in [-0.2, 0) is 9.53 Å². The van der Waals surface area contributed by atoms with Crippen molar-refractivity contribution >= 4 is 35.0 Å². The number of amides is 1. The molecule has 4 rings (SSSR count). The van der Waals surface area contributed by atoms with E-state index in [-0.39, 0.29) is 39.1 Å². The monoisotopic (exact) mass is 475 g/mol. The first-order chi connectivity index (χ1) is 16.2. The molecule has 0 fully saturated rings. The number of carbonyl (C=O) groups is 4. The third kappa shape index (κ3) is 4.24. The minimum absolute atomic E-state index is 0.0346. The van der Waals surface area contributed by atoms with Gasteiger partial charge in [-0.25, -0.2) is 4.79 Å². The molecule has 1 N–H and O–H groups in total. The van der Waals surface area contributed by atoms with E-state index in [0.29, 0.717) is 5.56 Å². The van der Waals surface area contributed by atoms with Gasteiger partial charge in [-0.2, -0.15) is 0 Å². The highest BCUT2D eigenvalue weighted by Crippen LogP contribution is 2.34. The van der Waals surface area contributed by atoms with Crippen LogP contribution in [0.4, 0.5) is 0 Å². The molecule has 0 aromatic heterocycles. The third-order valence-corrected chi connectivity index (χ3v) is 6.39. The highest BCUT2D eigenvalue weighted by Gasteiger charge is 2.33. The molecular formula is C27H22ClNO5. The van der Waals surface area contributed by atoms with Crippen LogP contribution in [0.5, 0.6) is 0 Å². The van der Waals surface area contributed by atoms with E-state index in [0.717, 1.165) is 16.7 Å². The molecule has 1 aliphatic rings. The van der Waals surface area contributed by atoms with Gasteiger partial charge in [0.2, 0.25) is 0 Å². The molecule has 0 spiro atoms. The summed E-state index contributed by atoms with van der Waals surface area (Å²) in [6.07, 6.45) is 0. The van der Waals surface area contributed by atoms with Crippen molar-refractivity contribution in [3.8, 4) is 0 Å². The molecule has 0 aliphatic heterocycles. The second-order valence-corrected chi connectivity index (χ2v) is 8.64. The Kier molecular flexibility index (Phi) is 6.35. The first-order valence-electron chi connectivity index (χ1n) is 10.7. The minimum atomic E-state index is -0.860. The quantitative estimate of drug-likeness (QED) is 0.420. The Labute approximate surface area is 201 Å². The molecule has 0 unspecified atom stereocenters. The Hall–Kier alpha value is -3.77. The van der Waals surface area contributed by atoms with Gasteiger partial charge in [0.15, 0.2) is 18.2 Å². The predicted molar refractivity (Wildman–Crippen MR) is 128 cm³/mol. The number of halogens is 1. The second-order valence-electron chi connectivity index (χ2n) is 8.26. The van der Waals surface area contributed by atoms with E-state index in [1.165, 1.54) is 12.1 Å². The number of benzene rings is 3. The summed E-state index contributed by atoms with van der Waals surface area (Å²) >= 11 is 6.38. The van der Waals surface area contributed by atoms with Gasteiger partial charge in [-0.05, 0) is 49.6 Å². The number of fused-ring (bicyclic) bond motifs is 2. The Balaban J connectivity index is 1.47. The highest BCUT2D eigenvalue weighted by atomic mass is 35.5. The average molecular weight is 476 g/mol. The molecule has 1 aliphatic carbocycles. The van der Waals surface area contributed by atoms with Crippen LogP contribution in [0.1, 0.15) is 71.9 Å². The minimum Gasteiger partial charge on any atom is -0.452 e. The Morgan fingerprint density at radius 3 is 2.26 bits per heavy atom. The lowest BCUT2D eigenvalue weighted by atomic mass is 9.83. The molecule has 1 amide bonds. The lowest BCUT2D eigenvalue weighted by molar-refractivity contribution is -0.124. The van der Waals surface area contributed by atoms with Crippen molar-refractivity contribution in [2.45, 2.75) is 26.8 Å². The lowest BCUT2D eigenvalue weighted by Crippen LogP contribution is -2.31. The van der Waals surface area contributed by atoms with Crippen LogP contribution in [0.3, 0.4) is 0 Å². The second kappa shape index (κ2) is 9.23. The average Bonchev–Trinajstić information content (AvgIpc) is 2.82. The molecule has 0 saturated heterocycles. The van der Waals surface area contributed by atoms with E-state index < -0.39 is 24.3 Å². The third-order valence-electron chi connectivity index (χ3n) is 5.99. The van der Waals surface area contributed by atoms with Gasteiger partial charge in [-0.3, -0.25) is 14.4 Å². The largest absolute Gasteiger partial charge is 0.452 e. The van der Waals surface area contributed by atoms with Crippen LogP contribution in [0, 0.1) is 13.8 Å². The summed E-state index contributed by atoms with van der Waals surface area (Å²) in [6.45, 7) is 5.33.